The van der Waals surface area contributed by atoms with Crippen molar-refractivity contribution in [2.24, 2.45) is 5.73 Å². The van der Waals surface area contributed by atoms with Gasteiger partial charge in [0, 0.05) is 44.5 Å². The van der Waals surface area contributed by atoms with Crippen LogP contribution in [0.4, 0.5) is 0 Å². The van der Waals surface area contributed by atoms with E-state index >= 15 is 0 Å². The second-order valence-corrected chi connectivity index (χ2v) is 6.85. The fourth-order valence-electron chi connectivity index (χ4n) is 2.28. The number of nitrogens with zero attached hydrogens (tertiary/aromatic N) is 2. The summed E-state index contributed by atoms with van der Waals surface area (Å²) in [4.78, 5) is 17.6. The average molecular weight is 312 g/mol. The van der Waals surface area contributed by atoms with E-state index in [0.29, 0.717) is 13.1 Å². The van der Waals surface area contributed by atoms with E-state index < -0.39 is 10.0 Å². The quantitative estimate of drug-likeness (QED) is 0.776. The second-order valence-electron chi connectivity index (χ2n) is 5.08. The van der Waals surface area contributed by atoms with Crippen LogP contribution in [0.2, 0.25) is 0 Å². The number of piperidine rings is 1. The molecule has 7 nitrogen and oxygen atoms in total. The average Bonchev–Trinajstić information content (AvgIpc) is 2.48. The maximum atomic E-state index is 12.0. The lowest BCUT2D eigenvalue weighted by Gasteiger charge is -2.30. The van der Waals surface area contributed by atoms with Gasteiger partial charge in [0.25, 0.3) is 0 Å². The Balaban J connectivity index is 1.82. The molecule has 0 radical (unpaired) electrons. The molecule has 8 heteroatoms. The Morgan fingerprint density at radius 2 is 2.33 bits per heavy atom. The molecule has 1 atom stereocenters. The molecule has 0 spiro atoms. The second kappa shape index (κ2) is 6.97. The molecule has 2 heterocycles. The van der Waals surface area contributed by atoms with Gasteiger partial charge in [-0.05, 0) is 25.0 Å². The zero-order valence-electron chi connectivity index (χ0n) is 11.7. The number of nitrogens with one attached hydrogen (secondary N) is 1. The molecule has 1 aromatic heterocycles. The van der Waals surface area contributed by atoms with Gasteiger partial charge in [-0.2, -0.15) is 0 Å². The van der Waals surface area contributed by atoms with Gasteiger partial charge in [-0.3, -0.25) is 9.78 Å². The number of carbonyl (C=O) groups excluding carboxylic acids is 1. The summed E-state index contributed by atoms with van der Waals surface area (Å²) in [6, 6.07) is 3.03. The van der Waals surface area contributed by atoms with Crippen molar-refractivity contribution in [1.82, 2.24) is 14.6 Å². The minimum absolute atomic E-state index is 0.0229. The summed E-state index contributed by atoms with van der Waals surface area (Å²) in [6.45, 7) is 1.32. The molecular weight excluding hydrogens is 292 g/mol. The molecule has 1 fully saturated rings. The predicted octanol–water partition coefficient (Wildman–Crippen LogP) is -0.300. The molecule has 3 N–H and O–H groups in total. The summed E-state index contributed by atoms with van der Waals surface area (Å²) in [5.74, 6) is -0.0703. The van der Waals surface area contributed by atoms with Crippen LogP contribution in [-0.2, 0) is 14.8 Å². The van der Waals surface area contributed by atoms with Crippen LogP contribution >= 0.6 is 0 Å². The molecule has 1 aliphatic rings. The van der Waals surface area contributed by atoms with E-state index in [1.165, 1.54) is 18.5 Å². The zero-order chi connectivity index (χ0) is 15.3. The van der Waals surface area contributed by atoms with Gasteiger partial charge in [-0.15, -0.1) is 0 Å². The smallest absolute Gasteiger partial charge is 0.242 e. The molecule has 0 aliphatic carbocycles. The van der Waals surface area contributed by atoms with Crippen LogP contribution in [0, 0.1) is 0 Å². The van der Waals surface area contributed by atoms with Gasteiger partial charge in [-0.1, -0.05) is 0 Å². The molecule has 1 aliphatic heterocycles. The molecule has 1 amide bonds. The molecule has 2 rings (SSSR count). The van der Waals surface area contributed by atoms with Gasteiger partial charge in [0.15, 0.2) is 0 Å². The lowest BCUT2D eigenvalue weighted by molar-refractivity contribution is -0.132. The van der Waals surface area contributed by atoms with Crippen LogP contribution in [0.5, 0.6) is 0 Å². The molecule has 0 bridgehead atoms. The van der Waals surface area contributed by atoms with Gasteiger partial charge in [-0.25, -0.2) is 13.1 Å². The summed E-state index contributed by atoms with van der Waals surface area (Å²) in [7, 11) is -3.61. The van der Waals surface area contributed by atoms with Crippen molar-refractivity contribution in [1.29, 1.82) is 0 Å². The first kappa shape index (κ1) is 15.9. The van der Waals surface area contributed by atoms with Crippen molar-refractivity contribution in [2.75, 3.05) is 19.6 Å². The molecule has 1 aromatic rings. The van der Waals surface area contributed by atoms with Crippen LogP contribution in [0.3, 0.4) is 0 Å². The Bertz CT molecular complexity index is 576. The fourth-order valence-corrected chi connectivity index (χ4v) is 3.27. The number of hydrogen-bond acceptors (Lipinski definition) is 5. The SMILES string of the molecule is NC1CCCN(C(=O)CCNS(=O)(=O)c2cccnc2)C1. The highest BCUT2D eigenvalue weighted by Gasteiger charge is 2.21. The number of aromatic nitrogens is 1. The Morgan fingerprint density at radius 1 is 1.52 bits per heavy atom. The zero-order valence-corrected chi connectivity index (χ0v) is 12.6. The van der Waals surface area contributed by atoms with Crippen molar-refractivity contribution in [3.8, 4) is 0 Å². The number of sulfonamides is 1. The number of hydrogen-bond donors (Lipinski definition) is 2. The first-order valence-corrected chi connectivity index (χ1v) is 8.40. The summed E-state index contributed by atoms with van der Waals surface area (Å²) in [5.41, 5.74) is 5.82. The lowest BCUT2D eigenvalue weighted by atomic mass is 10.1. The Kier molecular flexibility index (Phi) is 5.27. The van der Waals surface area contributed by atoms with Gasteiger partial charge >= 0.3 is 0 Å². The Morgan fingerprint density at radius 3 is 3.00 bits per heavy atom. The molecule has 1 saturated heterocycles. The molecule has 21 heavy (non-hydrogen) atoms. The van der Waals surface area contributed by atoms with Gasteiger partial charge in [0.2, 0.25) is 15.9 Å². The minimum atomic E-state index is -3.61. The number of likely N-dealkylation sites (tertiary alicyclic amines) is 1. The Labute approximate surface area is 124 Å². The topological polar surface area (TPSA) is 105 Å². The van der Waals surface area contributed by atoms with Gasteiger partial charge < -0.3 is 10.6 Å². The van der Waals surface area contributed by atoms with Crippen molar-refractivity contribution >= 4 is 15.9 Å². The van der Waals surface area contributed by atoms with E-state index in [2.05, 4.69) is 9.71 Å². The van der Waals surface area contributed by atoms with Gasteiger partial charge in [0.05, 0.1) is 0 Å². The van der Waals surface area contributed by atoms with Crippen LogP contribution in [0.1, 0.15) is 19.3 Å². The highest BCUT2D eigenvalue weighted by Crippen LogP contribution is 2.10. The first-order valence-electron chi connectivity index (χ1n) is 6.92. The standard InChI is InChI=1S/C13H20N4O3S/c14-11-3-2-8-17(10-11)13(18)5-7-16-21(19,20)12-4-1-6-15-9-12/h1,4,6,9,11,16H,2-3,5,7-8,10,14H2. The van der Waals surface area contributed by atoms with Crippen molar-refractivity contribution in [3.63, 3.8) is 0 Å². The van der Waals surface area contributed by atoms with E-state index in [4.69, 9.17) is 5.73 Å². The molecule has 0 saturated carbocycles. The van der Waals surface area contributed by atoms with Crippen molar-refractivity contribution < 1.29 is 13.2 Å². The maximum absolute atomic E-state index is 12.0. The van der Waals surface area contributed by atoms with Crippen molar-refractivity contribution in [2.45, 2.75) is 30.2 Å². The molecule has 116 valence electrons. The minimum Gasteiger partial charge on any atom is -0.341 e. The van der Waals surface area contributed by atoms with Crippen LogP contribution < -0.4 is 10.5 Å². The van der Waals surface area contributed by atoms with E-state index in [1.807, 2.05) is 0 Å². The number of amides is 1. The van der Waals surface area contributed by atoms with E-state index in [0.717, 1.165) is 12.8 Å². The number of carbonyl (C=O) groups is 1. The molecule has 1 unspecified atom stereocenters. The van der Waals surface area contributed by atoms with Gasteiger partial charge in [0.1, 0.15) is 4.90 Å². The van der Waals surface area contributed by atoms with Crippen LogP contribution in [-0.4, -0.2) is 49.9 Å². The molecular formula is C13H20N4O3S. The fraction of sp³-hybridized carbons (Fsp3) is 0.538. The predicted molar refractivity (Wildman–Crippen MR) is 77.8 cm³/mol. The first-order chi connectivity index (χ1) is 9.99. The summed E-state index contributed by atoms with van der Waals surface area (Å²) < 4.78 is 26.3. The monoisotopic (exact) mass is 312 g/mol. The van der Waals surface area contributed by atoms with E-state index in [-0.39, 0.29) is 29.8 Å². The Hall–Kier alpha value is -1.51. The molecule has 0 aromatic carbocycles. The number of rotatable bonds is 5. The highest BCUT2D eigenvalue weighted by molar-refractivity contribution is 7.89. The van der Waals surface area contributed by atoms with E-state index in [9.17, 15) is 13.2 Å². The summed E-state index contributed by atoms with van der Waals surface area (Å²) in [6.07, 6.45) is 4.73. The third-order valence-corrected chi connectivity index (χ3v) is 4.83. The lowest BCUT2D eigenvalue weighted by Crippen LogP contribution is -2.46. The van der Waals surface area contributed by atoms with Crippen LogP contribution in [0.15, 0.2) is 29.4 Å². The highest BCUT2D eigenvalue weighted by atomic mass is 32.2. The van der Waals surface area contributed by atoms with Crippen LogP contribution in [0.25, 0.3) is 0 Å². The number of nitrogens with two attached hydrogens (primary N) is 1. The van der Waals surface area contributed by atoms with E-state index in [1.54, 1.807) is 11.0 Å². The summed E-state index contributed by atoms with van der Waals surface area (Å²) >= 11 is 0. The third-order valence-electron chi connectivity index (χ3n) is 3.39. The maximum Gasteiger partial charge on any atom is 0.242 e. The summed E-state index contributed by atoms with van der Waals surface area (Å²) in [5, 5.41) is 0. The number of pyridine rings is 1. The normalized spacial score (nSPS) is 19.5. The van der Waals surface area contributed by atoms with Crippen molar-refractivity contribution in [3.05, 3.63) is 24.5 Å². The largest absolute Gasteiger partial charge is 0.341 e. The third kappa shape index (κ3) is 4.48.